The van der Waals surface area contributed by atoms with Gasteiger partial charge in [-0.3, -0.25) is 0 Å². The Morgan fingerprint density at radius 2 is 2.20 bits per heavy atom. The molecule has 2 rings (SSSR count). The highest BCUT2D eigenvalue weighted by Crippen LogP contribution is 2.30. The number of β-amino-alcohol motifs (C(OH)–C–C–N with tert-alkyl or cyclic N) is 1. The fourth-order valence-corrected chi connectivity index (χ4v) is 4.47. The SMILES string of the molecule is CC1(C)CC(N)C(O)CN(S(=O)(=O)C2=NC=CCC2)C1. The molecule has 2 aliphatic heterocycles. The first kappa shape index (κ1) is 15.6. The lowest BCUT2D eigenvalue weighted by Crippen LogP contribution is -2.45. The largest absolute Gasteiger partial charge is 0.390 e. The fraction of sp³-hybridized carbons (Fsp3) is 0.769. The quantitative estimate of drug-likeness (QED) is 0.734. The molecule has 114 valence electrons. The van der Waals surface area contributed by atoms with Crippen LogP contribution in [0.1, 0.15) is 33.1 Å². The Morgan fingerprint density at radius 3 is 2.80 bits per heavy atom. The van der Waals surface area contributed by atoms with Crippen molar-refractivity contribution in [1.29, 1.82) is 0 Å². The first-order valence-corrected chi connectivity index (χ1v) is 8.32. The Morgan fingerprint density at radius 1 is 1.50 bits per heavy atom. The van der Waals surface area contributed by atoms with Gasteiger partial charge in [-0.05, 0) is 18.3 Å². The molecule has 6 nitrogen and oxygen atoms in total. The Balaban J connectivity index is 2.30. The highest BCUT2D eigenvalue weighted by atomic mass is 32.2. The number of aliphatic imine (C=N–C) groups is 1. The molecule has 2 heterocycles. The van der Waals surface area contributed by atoms with Crippen molar-refractivity contribution in [2.24, 2.45) is 16.1 Å². The van der Waals surface area contributed by atoms with Crippen LogP contribution in [0.4, 0.5) is 0 Å². The number of hydrogen-bond donors (Lipinski definition) is 2. The fourth-order valence-electron chi connectivity index (χ4n) is 2.73. The number of aliphatic hydroxyl groups excluding tert-OH is 1. The van der Waals surface area contributed by atoms with Gasteiger partial charge < -0.3 is 10.8 Å². The van der Waals surface area contributed by atoms with E-state index in [0.29, 0.717) is 25.8 Å². The second-order valence-electron chi connectivity index (χ2n) is 6.34. The molecule has 2 aliphatic rings. The van der Waals surface area contributed by atoms with E-state index in [0.717, 1.165) is 0 Å². The third kappa shape index (κ3) is 3.28. The molecule has 7 heteroatoms. The van der Waals surface area contributed by atoms with E-state index in [9.17, 15) is 13.5 Å². The molecule has 3 N–H and O–H groups in total. The van der Waals surface area contributed by atoms with Crippen molar-refractivity contribution in [2.75, 3.05) is 13.1 Å². The van der Waals surface area contributed by atoms with Crippen LogP contribution < -0.4 is 5.73 Å². The molecule has 1 fully saturated rings. The maximum Gasteiger partial charge on any atom is 0.256 e. The second kappa shape index (κ2) is 5.55. The van der Waals surface area contributed by atoms with Crippen molar-refractivity contribution in [2.45, 2.75) is 45.3 Å². The van der Waals surface area contributed by atoms with Crippen molar-refractivity contribution in [3.05, 3.63) is 12.3 Å². The van der Waals surface area contributed by atoms with Crippen molar-refractivity contribution in [3.63, 3.8) is 0 Å². The molecule has 0 bridgehead atoms. The average Bonchev–Trinajstić information content (AvgIpc) is 2.47. The Bertz CT molecular complexity index is 525. The molecule has 20 heavy (non-hydrogen) atoms. The van der Waals surface area contributed by atoms with Gasteiger partial charge in [0.15, 0.2) is 0 Å². The minimum atomic E-state index is -3.62. The van der Waals surface area contributed by atoms with E-state index in [1.807, 2.05) is 19.9 Å². The standard InChI is InChI=1S/C13H23N3O3S/c1-13(2)7-10(14)11(17)8-16(9-13)20(18,19)12-5-3-4-6-15-12/h4,6,10-11,17H,3,5,7-9,14H2,1-2H3. The maximum atomic E-state index is 12.6. The minimum Gasteiger partial charge on any atom is -0.390 e. The summed E-state index contributed by atoms with van der Waals surface area (Å²) in [7, 11) is -3.62. The summed E-state index contributed by atoms with van der Waals surface area (Å²) in [5.74, 6) is 0. The number of sulfonamides is 1. The third-order valence-electron chi connectivity index (χ3n) is 3.76. The number of rotatable bonds is 1. The number of aliphatic hydroxyl groups is 1. The molecule has 2 atom stereocenters. The molecule has 0 spiro atoms. The normalized spacial score (nSPS) is 31.7. The van der Waals surface area contributed by atoms with Crippen LogP contribution in [0.25, 0.3) is 0 Å². The number of allylic oxidation sites excluding steroid dienone is 1. The van der Waals surface area contributed by atoms with Crippen LogP contribution in [0, 0.1) is 5.41 Å². The summed E-state index contributed by atoms with van der Waals surface area (Å²) < 4.78 is 26.6. The molecule has 0 aromatic heterocycles. The number of nitrogens with two attached hydrogens (primary N) is 1. The van der Waals surface area contributed by atoms with Gasteiger partial charge in [-0.1, -0.05) is 19.9 Å². The van der Waals surface area contributed by atoms with Crippen molar-refractivity contribution in [3.8, 4) is 0 Å². The van der Waals surface area contributed by atoms with Crippen LogP contribution >= 0.6 is 0 Å². The van der Waals surface area contributed by atoms with Gasteiger partial charge in [0.05, 0.1) is 6.10 Å². The van der Waals surface area contributed by atoms with Gasteiger partial charge in [0.1, 0.15) is 5.04 Å². The molecule has 0 aromatic rings. The first-order valence-electron chi connectivity index (χ1n) is 6.88. The lowest BCUT2D eigenvalue weighted by molar-refractivity contribution is 0.129. The zero-order chi connectivity index (χ0) is 15.0. The monoisotopic (exact) mass is 301 g/mol. The van der Waals surface area contributed by atoms with Crippen molar-refractivity contribution < 1.29 is 13.5 Å². The van der Waals surface area contributed by atoms with Gasteiger partial charge in [-0.2, -0.15) is 4.31 Å². The molecule has 0 radical (unpaired) electrons. The Labute approximate surface area is 120 Å². The van der Waals surface area contributed by atoms with E-state index in [-0.39, 0.29) is 17.0 Å². The zero-order valence-electron chi connectivity index (χ0n) is 12.0. The smallest absolute Gasteiger partial charge is 0.256 e. The van der Waals surface area contributed by atoms with E-state index in [4.69, 9.17) is 5.73 Å². The summed E-state index contributed by atoms with van der Waals surface area (Å²) in [6.45, 7) is 4.32. The first-order chi connectivity index (χ1) is 9.22. The maximum absolute atomic E-state index is 12.6. The van der Waals surface area contributed by atoms with Crippen LogP contribution in [-0.4, -0.2) is 48.1 Å². The van der Waals surface area contributed by atoms with E-state index in [1.165, 1.54) is 10.5 Å². The van der Waals surface area contributed by atoms with Crippen LogP contribution in [0.2, 0.25) is 0 Å². The van der Waals surface area contributed by atoms with Crippen molar-refractivity contribution in [1.82, 2.24) is 4.31 Å². The predicted molar refractivity (Wildman–Crippen MR) is 78.7 cm³/mol. The van der Waals surface area contributed by atoms with Gasteiger partial charge in [-0.25, -0.2) is 13.4 Å². The van der Waals surface area contributed by atoms with Gasteiger partial charge in [0, 0.05) is 31.8 Å². The predicted octanol–water partition coefficient (Wildman–Crippen LogP) is 0.442. The van der Waals surface area contributed by atoms with Crippen LogP contribution in [0.3, 0.4) is 0 Å². The van der Waals surface area contributed by atoms with Crippen molar-refractivity contribution >= 4 is 15.1 Å². The highest BCUT2D eigenvalue weighted by Gasteiger charge is 2.39. The lowest BCUT2D eigenvalue weighted by atomic mass is 9.86. The molecule has 0 amide bonds. The molecule has 0 aromatic carbocycles. The topological polar surface area (TPSA) is 96.0 Å². The van der Waals surface area contributed by atoms with Crippen LogP contribution in [0.5, 0.6) is 0 Å². The molecular weight excluding hydrogens is 278 g/mol. The van der Waals surface area contributed by atoms with E-state index in [1.54, 1.807) is 0 Å². The summed E-state index contributed by atoms with van der Waals surface area (Å²) in [5, 5.41) is 10.2. The molecule has 2 unspecified atom stereocenters. The second-order valence-corrected chi connectivity index (χ2v) is 8.28. The van der Waals surface area contributed by atoms with Gasteiger partial charge in [0.2, 0.25) is 0 Å². The molecule has 1 saturated heterocycles. The number of nitrogens with zero attached hydrogens (tertiary/aromatic N) is 2. The lowest BCUT2D eigenvalue weighted by Gasteiger charge is -2.29. The molecular formula is C13H23N3O3S. The minimum absolute atomic E-state index is 0.0374. The number of hydrogen-bond acceptors (Lipinski definition) is 5. The van der Waals surface area contributed by atoms with E-state index >= 15 is 0 Å². The highest BCUT2D eigenvalue weighted by molar-refractivity contribution is 8.04. The van der Waals surface area contributed by atoms with Crippen LogP contribution in [0.15, 0.2) is 17.3 Å². The summed E-state index contributed by atoms with van der Waals surface area (Å²) in [4.78, 5) is 3.99. The average molecular weight is 301 g/mol. The third-order valence-corrected chi connectivity index (χ3v) is 5.63. The zero-order valence-corrected chi connectivity index (χ0v) is 12.8. The summed E-state index contributed by atoms with van der Waals surface area (Å²) >= 11 is 0. The van der Waals surface area contributed by atoms with Crippen LogP contribution in [-0.2, 0) is 10.0 Å². The Hall–Kier alpha value is -0.760. The summed E-state index contributed by atoms with van der Waals surface area (Å²) in [6.07, 6.45) is 4.21. The van der Waals surface area contributed by atoms with E-state index in [2.05, 4.69) is 4.99 Å². The van der Waals surface area contributed by atoms with Gasteiger partial charge in [0.25, 0.3) is 10.0 Å². The molecule has 0 saturated carbocycles. The molecule has 0 aliphatic carbocycles. The summed E-state index contributed by atoms with van der Waals surface area (Å²) in [5.41, 5.74) is 5.66. The van der Waals surface area contributed by atoms with Gasteiger partial charge in [-0.15, -0.1) is 0 Å². The Kier molecular flexibility index (Phi) is 4.34. The van der Waals surface area contributed by atoms with E-state index < -0.39 is 22.2 Å². The van der Waals surface area contributed by atoms with Gasteiger partial charge >= 0.3 is 0 Å². The summed E-state index contributed by atoms with van der Waals surface area (Å²) in [6, 6.07) is -0.404.